The summed E-state index contributed by atoms with van der Waals surface area (Å²) in [6.07, 6.45) is 0.297. The van der Waals surface area contributed by atoms with E-state index in [9.17, 15) is 9.59 Å². The van der Waals surface area contributed by atoms with Gasteiger partial charge in [0.15, 0.2) is 0 Å². The predicted octanol–water partition coefficient (Wildman–Crippen LogP) is 3.61. The number of nitrogens with zero attached hydrogens (tertiary/aromatic N) is 1. The van der Waals surface area contributed by atoms with Crippen LogP contribution >= 0.6 is 11.3 Å². The van der Waals surface area contributed by atoms with Crippen LogP contribution in [0.3, 0.4) is 0 Å². The second kappa shape index (κ2) is 6.54. The molecule has 3 rings (SSSR count). The van der Waals surface area contributed by atoms with Crippen LogP contribution in [0.2, 0.25) is 0 Å². The van der Waals surface area contributed by atoms with Crippen LogP contribution < -0.4 is 5.32 Å². The van der Waals surface area contributed by atoms with Gasteiger partial charge in [-0.1, -0.05) is 24.3 Å². The van der Waals surface area contributed by atoms with Crippen LogP contribution in [0.15, 0.2) is 41.8 Å². The van der Waals surface area contributed by atoms with Gasteiger partial charge in [0.05, 0.1) is 5.92 Å². The Hall–Kier alpha value is -2.14. The van der Waals surface area contributed by atoms with Crippen molar-refractivity contribution in [3.8, 4) is 10.4 Å². The van der Waals surface area contributed by atoms with Gasteiger partial charge in [-0.15, -0.1) is 11.3 Å². The molecule has 0 saturated carbocycles. The van der Waals surface area contributed by atoms with E-state index < -0.39 is 0 Å². The van der Waals surface area contributed by atoms with Crippen molar-refractivity contribution >= 4 is 28.8 Å². The molecule has 1 atom stereocenters. The second-order valence-corrected chi connectivity index (χ2v) is 7.00. The molecule has 23 heavy (non-hydrogen) atoms. The van der Waals surface area contributed by atoms with Gasteiger partial charge in [-0.3, -0.25) is 9.59 Å². The lowest BCUT2D eigenvalue weighted by molar-refractivity contribution is -0.129. The molecular weight excluding hydrogens is 308 g/mol. The van der Waals surface area contributed by atoms with E-state index >= 15 is 0 Å². The minimum Gasteiger partial charge on any atom is -0.339 e. The molecule has 120 valence electrons. The number of hydrogen-bond acceptors (Lipinski definition) is 3. The summed E-state index contributed by atoms with van der Waals surface area (Å²) < 4.78 is 0. The summed E-state index contributed by atoms with van der Waals surface area (Å²) in [7, 11) is 0. The molecule has 2 aromatic rings. The maximum atomic E-state index is 12.6. The Labute approximate surface area is 140 Å². The van der Waals surface area contributed by atoms with Gasteiger partial charge in [-0.25, -0.2) is 0 Å². The summed E-state index contributed by atoms with van der Waals surface area (Å²) in [6, 6.07) is 12.0. The fourth-order valence-corrected chi connectivity index (χ4v) is 3.65. The van der Waals surface area contributed by atoms with Gasteiger partial charge in [0.2, 0.25) is 11.8 Å². The van der Waals surface area contributed by atoms with Crippen molar-refractivity contribution in [2.45, 2.75) is 26.3 Å². The minimum atomic E-state index is -0.277. The highest BCUT2D eigenvalue weighted by Crippen LogP contribution is 2.32. The van der Waals surface area contributed by atoms with Crippen LogP contribution in [0.4, 0.5) is 5.69 Å². The zero-order valence-electron chi connectivity index (χ0n) is 13.3. The van der Waals surface area contributed by atoms with Gasteiger partial charge in [-0.05, 0) is 31.4 Å². The minimum absolute atomic E-state index is 0.0618. The lowest BCUT2D eigenvalue weighted by atomic mass is 10.1. The van der Waals surface area contributed by atoms with Crippen molar-refractivity contribution in [2.75, 3.05) is 11.9 Å². The standard InChI is InChI=1S/C18H20N2O2S/c1-12(2)20-11-13(10-17(20)21)18(22)19-15-7-4-3-6-14(15)16-8-5-9-23-16/h3-9,12-13H,10-11H2,1-2H3,(H,19,22)/t13-/m1/s1. The van der Waals surface area contributed by atoms with Gasteiger partial charge in [0, 0.05) is 35.1 Å². The number of thiophene rings is 1. The van der Waals surface area contributed by atoms with Crippen LogP contribution in [0.25, 0.3) is 10.4 Å². The Balaban J connectivity index is 1.76. The molecule has 1 N–H and O–H groups in total. The number of benzene rings is 1. The quantitative estimate of drug-likeness (QED) is 0.932. The van der Waals surface area contributed by atoms with E-state index in [0.717, 1.165) is 16.1 Å². The van der Waals surface area contributed by atoms with Gasteiger partial charge >= 0.3 is 0 Å². The summed E-state index contributed by atoms with van der Waals surface area (Å²) in [4.78, 5) is 27.4. The normalized spacial score (nSPS) is 17.8. The zero-order chi connectivity index (χ0) is 16.4. The van der Waals surface area contributed by atoms with Crippen molar-refractivity contribution in [1.82, 2.24) is 4.90 Å². The van der Waals surface area contributed by atoms with Crippen LogP contribution in [-0.4, -0.2) is 29.3 Å². The average molecular weight is 328 g/mol. The molecule has 5 heteroatoms. The Morgan fingerprint density at radius 2 is 2.04 bits per heavy atom. The first-order valence-corrected chi connectivity index (χ1v) is 8.67. The lowest BCUT2D eigenvalue weighted by Crippen LogP contribution is -2.33. The number of carbonyl (C=O) groups is 2. The molecule has 0 radical (unpaired) electrons. The van der Waals surface area contributed by atoms with Crippen molar-refractivity contribution in [3.05, 3.63) is 41.8 Å². The summed E-state index contributed by atoms with van der Waals surface area (Å²) in [5.74, 6) is -0.293. The SMILES string of the molecule is CC(C)N1C[C@H](C(=O)Nc2ccccc2-c2cccs2)CC1=O. The third-order valence-electron chi connectivity index (χ3n) is 4.12. The summed E-state index contributed by atoms with van der Waals surface area (Å²) in [5, 5.41) is 5.03. The highest BCUT2D eigenvalue weighted by molar-refractivity contribution is 7.13. The first-order chi connectivity index (χ1) is 11.1. The van der Waals surface area contributed by atoms with Crippen molar-refractivity contribution in [2.24, 2.45) is 5.92 Å². The van der Waals surface area contributed by atoms with E-state index in [4.69, 9.17) is 0 Å². The van der Waals surface area contributed by atoms with E-state index in [1.165, 1.54) is 0 Å². The van der Waals surface area contributed by atoms with E-state index in [2.05, 4.69) is 5.32 Å². The molecule has 1 aliphatic rings. The molecule has 1 fully saturated rings. The van der Waals surface area contributed by atoms with E-state index in [1.807, 2.05) is 55.6 Å². The molecule has 0 spiro atoms. The molecule has 1 aromatic carbocycles. The molecule has 1 aromatic heterocycles. The van der Waals surface area contributed by atoms with Gasteiger partial charge in [0.25, 0.3) is 0 Å². The Kier molecular flexibility index (Phi) is 4.48. The molecule has 0 bridgehead atoms. The largest absolute Gasteiger partial charge is 0.339 e. The number of likely N-dealkylation sites (tertiary alicyclic amines) is 1. The Bertz CT molecular complexity index is 710. The number of anilines is 1. The van der Waals surface area contributed by atoms with Crippen LogP contribution in [0.1, 0.15) is 20.3 Å². The second-order valence-electron chi connectivity index (χ2n) is 6.05. The van der Waals surface area contributed by atoms with Crippen LogP contribution in [0.5, 0.6) is 0 Å². The highest BCUT2D eigenvalue weighted by Gasteiger charge is 2.35. The Morgan fingerprint density at radius 3 is 2.70 bits per heavy atom. The predicted molar refractivity (Wildman–Crippen MR) is 93.3 cm³/mol. The number of para-hydroxylation sites is 1. The number of hydrogen-bond donors (Lipinski definition) is 1. The molecule has 2 heterocycles. The highest BCUT2D eigenvalue weighted by atomic mass is 32.1. The Morgan fingerprint density at radius 1 is 1.26 bits per heavy atom. The van der Waals surface area contributed by atoms with Gasteiger partial charge in [-0.2, -0.15) is 0 Å². The van der Waals surface area contributed by atoms with Crippen molar-refractivity contribution in [3.63, 3.8) is 0 Å². The number of carbonyl (C=O) groups excluding carboxylic acids is 2. The summed E-state index contributed by atoms with van der Waals surface area (Å²) in [5.41, 5.74) is 1.82. The van der Waals surface area contributed by atoms with Crippen molar-refractivity contribution < 1.29 is 9.59 Å². The first kappa shape index (κ1) is 15.7. The van der Waals surface area contributed by atoms with E-state index in [1.54, 1.807) is 16.2 Å². The third-order valence-corrected chi connectivity index (χ3v) is 5.03. The van der Waals surface area contributed by atoms with Gasteiger partial charge < -0.3 is 10.2 Å². The molecule has 0 aliphatic carbocycles. The van der Waals surface area contributed by atoms with E-state index in [-0.39, 0.29) is 23.8 Å². The first-order valence-electron chi connectivity index (χ1n) is 7.79. The molecular formula is C18H20N2O2S. The number of nitrogens with one attached hydrogen (secondary N) is 1. The fourth-order valence-electron chi connectivity index (χ4n) is 2.88. The van der Waals surface area contributed by atoms with Crippen molar-refractivity contribution in [1.29, 1.82) is 0 Å². The lowest BCUT2D eigenvalue weighted by Gasteiger charge is -2.20. The summed E-state index contributed by atoms with van der Waals surface area (Å²) in [6.45, 7) is 4.46. The third kappa shape index (κ3) is 3.29. The van der Waals surface area contributed by atoms with E-state index in [0.29, 0.717) is 13.0 Å². The monoisotopic (exact) mass is 328 g/mol. The van der Waals surface area contributed by atoms with Gasteiger partial charge in [0.1, 0.15) is 0 Å². The number of amides is 2. The maximum absolute atomic E-state index is 12.6. The fraction of sp³-hybridized carbons (Fsp3) is 0.333. The maximum Gasteiger partial charge on any atom is 0.229 e. The molecule has 4 nitrogen and oxygen atoms in total. The molecule has 2 amide bonds. The molecule has 1 aliphatic heterocycles. The van der Waals surface area contributed by atoms with Crippen LogP contribution in [-0.2, 0) is 9.59 Å². The topological polar surface area (TPSA) is 49.4 Å². The molecule has 0 unspecified atom stereocenters. The number of rotatable bonds is 4. The zero-order valence-corrected chi connectivity index (χ0v) is 14.1. The summed E-state index contributed by atoms with van der Waals surface area (Å²) >= 11 is 1.64. The average Bonchev–Trinajstić information content (AvgIpc) is 3.17. The van der Waals surface area contributed by atoms with Crippen LogP contribution in [0, 0.1) is 5.92 Å². The smallest absolute Gasteiger partial charge is 0.229 e. The molecule has 1 saturated heterocycles.